The molecule has 0 bridgehead atoms. The SMILES string of the molecule is CC1(C)c2ccccc2-c2c1c1c3ccccc3sc1c1c3ccccc3n(-c3ccccn3)c21. The van der Waals surface area contributed by atoms with Crippen molar-refractivity contribution >= 4 is 53.3 Å². The fraction of sp³-hybridized carbons (Fsp3) is 0.0938. The van der Waals surface area contributed by atoms with Crippen molar-refractivity contribution in [2.24, 2.45) is 0 Å². The maximum absolute atomic E-state index is 4.83. The molecule has 0 saturated heterocycles. The molecule has 35 heavy (non-hydrogen) atoms. The number of para-hydroxylation sites is 1. The molecule has 0 fully saturated rings. The van der Waals surface area contributed by atoms with Crippen molar-refractivity contribution in [3.05, 3.63) is 108 Å². The Morgan fingerprint density at radius 1 is 0.743 bits per heavy atom. The quantitative estimate of drug-likeness (QED) is 0.236. The summed E-state index contributed by atoms with van der Waals surface area (Å²) in [5.41, 5.74) is 7.92. The van der Waals surface area contributed by atoms with Gasteiger partial charge in [-0.1, -0.05) is 80.6 Å². The van der Waals surface area contributed by atoms with Gasteiger partial charge in [-0.15, -0.1) is 11.3 Å². The average molecular weight is 467 g/mol. The first-order chi connectivity index (χ1) is 17.2. The smallest absolute Gasteiger partial charge is 0.137 e. The molecule has 0 amide bonds. The van der Waals surface area contributed by atoms with E-state index in [1.807, 2.05) is 23.6 Å². The zero-order valence-corrected chi connectivity index (χ0v) is 20.4. The summed E-state index contributed by atoms with van der Waals surface area (Å²) < 4.78 is 5.12. The highest BCUT2D eigenvalue weighted by molar-refractivity contribution is 7.26. The van der Waals surface area contributed by atoms with E-state index in [4.69, 9.17) is 4.98 Å². The fourth-order valence-electron chi connectivity index (χ4n) is 6.41. The number of hydrogen-bond donors (Lipinski definition) is 0. The van der Waals surface area contributed by atoms with Gasteiger partial charge in [0.2, 0.25) is 0 Å². The van der Waals surface area contributed by atoms with Gasteiger partial charge in [-0.05, 0) is 41.0 Å². The standard InChI is InChI=1S/C32H22N2S/c1-32(2)22-14-6-3-11-19(22)26-29(32)27-21-13-5-8-16-24(21)35-31(27)28-20-12-4-7-15-23(20)34(30(26)28)25-17-9-10-18-33-25/h3-18H,1-2H3. The predicted molar refractivity (Wildman–Crippen MR) is 149 cm³/mol. The van der Waals surface area contributed by atoms with Crippen LogP contribution in [0.5, 0.6) is 0 Å². The Morgan fingerprint density at radius 2 is 1.49 bits per heavy atom. The number of nitrogens with zero attached hydrogens (tertiary/aromatic N) is 2. The molecule has 0 saturated carbocycles. The lowest BCUT2D eigenvalue weighted by Crippen LogP contribution is -2.15. The number of hydrogen-bond acceptors (Lipinski definition) is 2. The summed E-state index contributed by atoms with van der Waals surface area (Å²) >= 11 is 1.93. The molecular weight excluding hydrogens is 444 g/mol. The lowest BCUT2D eigenvalue weighted by molar-refractivity contribution is 0.667. The molecule has 0 aliphatic heterocycles. The molecule has 1 aliphatic rings. The van der Waals surface area contributed by atoms with Crippen LogP contribution in [0.1, 0.15) is 25.0 Å². The summed E-state index contributed by atoms with van der Waals surface area (Å²) in [4.78, 5) is 4.83. The number of pyridine rings is 1. The van der Waals surface area contributed by atoms with Gasteiger partial charge in [0, 0.05) is 48.1 Å². The van der Waals surface area contributed by atoms with Crippen molar-refractivity contribution in [1.29, 1.82) is 0 Å². The van der Waals surface area contributed by atoms with Gasteiger partial charge in [0.25, 0.3) is 0 Å². The highest BCUT2D eigenvalue weighted by atomic mass is 32.1. The van der Waals surface area contributed by atoms with Crippen LogP contribution >= 0.6 is 11.3 Å². The van der Waals surface area contributed by atoms with Crippen LogP contribution in [0, 0.1) is 0 Å². The molecule has 0 N–H and O–H groups in total. The lowest BCUT2D eigenvalue weighted by atomic mass is 9.80. The number of thiophene rings is 1. The van der Waals surface area contributed by atoms with Crippen LogP contribution in [0.15, 0.2) is 97.2 Å². The minimum absolute atomic E-state index is 0.104. The van der Waals surface area contributed by atoms with Gasteiger partial charge in [0.05, 0.1) is 11.0 Å². The van der Waals surface area contributed by atoms with Gasteiger partial charge in [-0.2, -0.15) is 0 Å². The van der Waals surface area contributed by atoms with Crippen LogP contribution in [0.2, 0.25) is 0 Å². The maximum Gasteiger partial charge on any atom is 0.137 e. The van der Waals surface area contributed by atoms with Gasteiger partial charge in [-0.3, -0.25) is 4.57 Å². The summed E-state index contributed by atoms with van der Waals surface area (Å²) in [6, 6.07) is 32.9. The molecular formula is C32H22N2S. The van der Waals surface area contributed by atoms with Crippen molar-refractivity contribution in [3.8, 4) is 16.9 Å². The second kappa shape index (κ2) is 6.59. The second-order valence-electron chi connectivity index (χ2n) is 9.99. The number of rotatable bonds is 1. The van der Waals surface area contributed by atoms with E-state index in [1.165, 1.54) is 64.2 Å². The molecule has 1 aliphatic carbocycles. The van der Waals surface area contributed by atoms with Crippen LogP contribution in [0.3, 0.4) is 0 Å². The topological polar surface area (TPSA) is 17.8 Å². The number of benzene rings is 4. The van der Waals surface area contributed by atoms with E-state index in [0.29, 0.717) is 0 Å². The summed E-state index contributed by atoms with van der Waals surface area (Å²) in [6.45, 7) is 4.78. The van der Waals surface area contributed by atoms with E-state index < -0.39 is 0 Å². The van der Waals surface area contributed by atoms with Crippen LogP contribution in [0.25, 0.3) is 58.9 Å². The average Bonchev–Trinajstić information content (AvgIpc) is 3.51. The van der Waals surface area contributed by atoms with Crippen LogP contribution in [-0.4, -0.2) is 9.55 Å². The third kappa shape index (κ3) is 2.32. The highest BCUT2D eigenvalue weighted by Crippen LogP contribution is 2.58. The van der Waals surface area contributed by atoms with Crippen LogP contribution in [0.4, 0.5) is 0 Å². The van der Waals surface area contributed by atoms with Crippen LogP contribution in [-0.2, 0) is 5.41 Å². The molecule has 7 aromatic rings. The Bertz CT molecular complexity index is 1970. The van der Waals surface area contributed by atoms with E-state index in [9.17, 15) is 0 Å². The summed E-state index contributed by atoms with van der Waals surface area (Å²) in [5, 5.41) is 5.41. The molecule has 0 atom stereocenters. The molecule has 0 radical (unpaired) electrons. The van der Waals surface area contributed by atoms with Crippen molar-refractivity contribution in [1.82, 2.24) is 9.55 Å². The first-order valence-corrected chi connectivity index (χ1v) is 12.9. The van der Waals surface area contributed by atoms with Crippen molar-refractivity contribution in [2.75, 3.05) is 0 Å². The second-order valence-corrected chi connectivity index (χ2v) is 11.0. The lowest BCUT2D eigenvalue weighted by Gasteiger charge is -2.23. The molecule has 2 nitrogen and oxygen atoms in total. The highest BCUT2D eigenvalue weighted by Gasteiger charge is 2.40. The van der Waals surface area contributed by atoms with Gasteiger partial charge >= 0.3 is 0 Å². The van der Waals surface area contributed by atoms with E-state index in [2.05, 4.69) is 103 Å². The third-order valence-electron chi connectivity index (χ3n) is 7.81. The van der Waals surface area contributed by atoms with Crippen LogP contribution < -0.4 is 0 Å². The minimum atomic E-state index is -0.104. The van der Waals surface area contributed by atoms with E-state index in [-0.39, 0.29) is 5.41 Å². The van der Waals surface area contributed by atoms with Gasteiger partial charge < -0.3 is 0 Å². The van der Waals surface area contributed by atoms with E-state index in [0.717, 1.165) is 5.82 Å². The maximum atomic E-state index is 4.83. The first-order valence-electron chi connectivity index (χ1n) is 12.1. The van der Waals surface area contributed by atoms with E-state index >= 15 is 0 Å². The Morgan fingerprint density at radius 3 is 2.34 bits per heavy atom. The minimum Gasteiger partial charge on any atom is -0.293 e. The molecule has 3 aromatic heterocycles. The van der Waals surface area contributed by atoms with Gasteiger partial charge in [-0.25, -0.2) is 4.98 Å². The molecule has 0 unspecified atom stereocenters. The summed E-state index contributed by atoms with van der Waals surface area (Å²) in [7, 11) is 0. The monoisotopic (exact) mass is 466 g/mol. The van der Waals surface area contributed by atoms with Gasteiger partial charge in [0.15, 0.2) is 0 Å². The zero-order valence-electron chi connectivity index (χ0n) is 19.5. The molecule has 0 spiro atoms. The summed E-state index contributed by atoms with van der Waals surface area (Å²) in [5.74, 6) is 0.962. The Balaban J connectivity index is 1.76. The Kier molecular flexibility index (Phi) is 3.64. The largest absolute Gasteiger partial charge is 0.293 e. The molecule has 166 valence electrons. The predicted octanol–water partition coefficient (Wildman–Crippen LogP) is 8.85. The third-order valence-corrected chi connectivity index (χ3v) is 9.00. The van der Waals surface area contributed by atoms with E-state index in [1.54, 1.807) is 0 Å². The van der Waals surface area contributed by atoms with Crippen molar-refractivity contribution in [2.45, 2.75) is 19.3 Å². The zero-order chi connectivity index (χ0) is 23.3. The first kappa shape index (κ1) is 19.4. The number of fused-ring (bicyclic) bond motifs is 12. The van der Waals surface area contributed by atoms with Crippen molar-refractivity contribution < 1.29 is 0 Å². The molecule has 3 heterocycles. The number of aromatic nitrogens is 2. The van der Waals surface area contributed by atoms with Gasteiger partial charge in [0.1, 0.15) is 5.82 Å². The summed E-state index contributed by atoms with van der Waals surface area (Å²) in [6.07, 6.45) is 1.89. The Hall–Kier alpha value is -3.95. The molecule has 4 aromatic carbocycles. The molecule has 3 heteroatoms. The normalized spacial score (nSPS) is 14.2. The van der Waals surface area contributed by atoms with Crippen molar-refractivity contribution in [3.63, 3.8) is 0 Å². The fourth-order valence-corrected chi connectivity index (χ4v) is 7.68. The molecule has 8 rings (SSSR count). The Labute approximate surface area is 207 Å².